The van der Waals surface area contributed by atoms with E-state index < -0.39 is 0 Å². The lowest BCUT2D eigenvalue weighted by molar-refractivity contribution is -0.0298. The first-order valence-electron chi connectivity index (χ1n) is 8.50. The van der Waals surface area contributed by atoms with Gasteiger partial charge in [-0.25, -0.2) is 15.0 Å². The molecule has 2 aromatic heterocycles. The summed E-state index contributed by atoms with van der Waals surface area (Å²) in [6.45, 7) is 5.46. The van der Waals surface area contributed by atoms with Gasteiger partial charge in [-0.3, -0.25) is 9.47 Å². The van der Waals surface area contributed by atoms with E-state index in [0.29, 0.717) is 0 Å². The number of fused-ring (bicyclic) bond motifs is 1. The van der Waals surface area contributed by atoms with Gasteiger partial charge in [0.15, 0.2) is 5.65 Å². The van der Waals surface area contributed by atoms with Gasteiger partial charge in [0.1, 0.15) is 18.1 Å². The smallest absolute Gasteiger partial charge is 0.165 e. The molecule has 2 fully saturated rings. The first-order chi connectivity index (χ1) is 11.4. The minimum absolute atomic E-state index is 0.0655. The molecule has 0 amide bonds. The summed E-state index contributed by atoms with van der Waals surface area (Å²) in [6.07, 6.45) is 7.82. The van der Waals surface area contributed by atoms with Crippen LogP contribution in [0.2, 0.25) is 0 Å². The van der Waals surface area contributed by atoms with Gasteiger partial charge in [0.2, 0.25) is 0 Å². The van der Waals surface area contributed by atoms with Crippen LogP contribution in [0.4, 0.5) is 0 Å². The first-order valence-corrected chi connectivity index (χ1v) is 8.50. The molecule has 0 bridgehead atoms. The zero-order valence-corrected chi connectivity index (χ0v) is 13.4. The van der Waals surface area contributed by atoms with Gasteiger partial charge in [0.05, 0.1) is 25.2 Å². The highest BCUT2D eigenvalue weighted by Gasteiger charge is 2.20. The summed E-state index contributed by atoms with van der Waals surface area (Å²) in [5, 5.41) is 0. The largest absolute Gasteiger partial charge is 0.379 e. The van der Waals surface area contributed by atoms with Gasteiger partial charge >= 0.3 is 0 Å². The molecule has 0 N–H and O–H groups in total. The topological polar surface area (TPSA) is 65.3 Å². The quantitative estimate of drug-likeness (QED) is 0.849. The lowest BCUT2D eigenvalue weighted by atomic mass is 10.2. The van der Waals surface area contributed by atoms with Crippen molar-refractivity contribution in [2.45, 2.75) is 31.9 Å². The van der Waals surface area contributed by atoms with E-state index in [4.69, 9.17) is 9.47 Å². The third kappa shape index (κ3) is 3.22. The number of hydrogen-bond acceptors (Lipinski definition) is 6. The summed E-state index contributed by atoms with van der Waals surface area (Å²) in [6, 6.07) is 0. The predicted molar refractivity (Wildman–Crippen MR) is 85.1 cm³/mol. The molecule has 2 aliphatic rings. The van der Waals surface area contributed by atoms with Crippen LogP contribution in [0.1, 0.15) is 31.2 Å². The van der Waals surface area contributed by atoms with Crippen LogP contribution >= 0.6 is 0 Å². The van der Waals surface area contributed by atoms with E-state index in [1.165, 1.54) is 6.42 Å². The molecule has 1 unspecified atom stereocenters. The van der Waals surface area contributed by atoms with E-state index in [9.17, 15) is 0 Å². The second-order valence-electron chi connectivity index (χ2n) is 6.17. The third-order valence-corrected chi connectivity index (χ3v) is 4.67. The minimum Gasteiger partial charge on any atom is -0.379 e. The molecule has 0 spiro atoms. The molecule has 7 nitrogen and oxygen atoms in total. The Hall–Kier alpha value is -1.57. The average Bonchev–Trinajstić information content (AvgIpc) is 3.06. The molecule has 0 radical (unpaired) electrons. The third-order valence-electron chi connectivity index (χ3n) is 4.67. The molecule has 4 heterocycles. The summed E-state index contributed by atoms with van der Waals surface area (Å²) in [5.41, 5.74) is 2.83. The van der Waals surface area contributed by atoms with Crippen molar-refractivity contribution in [3.05, 3.63) is 18.3 Å². The van der Waals surface area contributed by atoms with Crippen molar-refractivity contribution >= 4 is 11.2 Å². The van der Waals surface area contributed by atoms with Gasteiger partial charge in [-0.15, -0.1) is 0 Å². The predicted octanol–water partition coefficient (Wildman–Crippen LogP) is 1.40. The molecule has 2 saturated heterocycles. The SMILES string of the molecule is c1nc(CCN2CCOCC2)c2ncn(C3CCCCO3)c2n1. The van der Waals surface area contributed by atoms with Crippen LogP contribution in [0, 0.1) is 0 Å². The van der Waals surface area contributed by atoms with E-state index in [2.05, 4.69) is 24.4 Å². The van der Waals surface area contributed by atoms with Crippen molar-refractivity contribution in [1.82, 2.24) is 24.4 Å². The number of imidazole rings is 1. The molecular weight excluding hydrogens is 294 g/mol. The van der Waals surface area contributed by atoms with E-state index in [0.717, 1.165) is 75.6 Å². The van der Waals surface area contributed by atoms with E-state index in [1.807, 2.05) is 6.33 Å². The van der Waals surface area contributed by atoms with Crippen molar-refractivity contribution in [2.75, 3.05) is 39.5 Å². The lowest BCUT2D eigenvalue weighted by Gasteiger charge is -2.26. The molecular formula is C16H23N5O2. The van der Waals surface area contributed by atoms with Gasteiger partial charge < -0.3 is 9.47 Å². The monoisotopic (exact) mass is 317 g/mol. The van der Waals surface area contributed by atoms with Crippen LogP contribution in [0.5, 0.6) is 0 Å². The van der Waals surface area contributed by atoms with Crippen LogP contribution < -0.4 is 0 Å². The molecule has 2 aliphatic heterocycles. The minimum atomic E-state index is 0.0655. The maximum atomic E-state index is 5.87. The second-order valence-corrected chi connectivity index (χ2v) is 6.17. The van der Waals surface area contributed by atoms with Crippen molar-refractivity contribution in [3.8, 4) is 0 Å². The first kappa shape index (κ1) is 15.0. The van der Waals surface area contributed by atoms with E-state index >= 15 is 0 Å². The van der Waals surface area contributed by atoms with E-state index in [-0.39, 0.29) is 6.23 Å². The zero-order valence-electron chi connectivity index (χ0n) is 13.4. The van der Waals surface area contributed by atoms with Crippen LogP contribution in [0.15, 0.2) is 12.7 Å². The highest BCUT2D eigenvalue weighted by molar-refractivity contribution is 5.73. The van der Waals surface area contributed by atoms with Crippen molar-refractivity contribution in [2.24, 2.45) is 0 Å². The zero-order chi connectivity index (χ0) is 15.5. The van der Waals surface area contributed by atoms with Gasteiger partial charge in [0.25, 0.3) is 0 Å². The Morgan fingerprint density at radius 2 is 2.00 bits per heavy atom. The molecule has 0 aliphatic carbocycles. The summed E-state index contributed by atoms with van der Waals surface area (Å²) < 4.78 is 13.3. The van der Waals surface area contributed by atoms with Crippen LogP contribution in [0.25, 0.3) is 11.2 Å². The summed E-state index contributed by atoms with van der Waals surface area (Å²) in [4.78, 5) is 15.9. The molecule has 1 atom stereocenters. The maximum Gasteiger partial charge on any atom is 0.165 e. The molecule has 0 saturated carbocycles. The summed E-state index contributed by atoms with van der Waals surface area (Å²) in [5.74, 6) is 0. The fraction of sp³-hybridized carbons (Fsp3) is 0.688. The van der Waals surface area contributed by atoms with Gasteiger partial charge in [0, 0.05) is 32.7 Å². The molecule has 23 heavy (non-hydrogen) atoms. The highest BCUT2D eigenvalue weighted by atomic mass is 16.5. The normalized spacial score (nSPS) is 23.4. The average molecular weight is 317 g/mol. The second kappa shape index (κ2) is 6.90. The Bertz CT molecular complexity index is 647. The number of ether oxygens (including phenoxy) is 2. The molecule has 4 rings (SSSR count). The van der Waals surface area contributed by atoms with Crippen molar-refractivity contribution < 1.29 is 9.47 Å². The molecule has 2 aromatic rings. The summed E-state index contributed by atoms with van der Waals surface area (Å²) >= 11 is 0. The maximum absolute atomic E-state index is 5.87. The fourth-order valence-corrected chi connectivity index (χ4v) is 3.33. The van der Waals surface area contributed by atoms with Crippen molar-refractivity contribution in [3.63, 3.8) is 0 Å². The van der Waals surface area contributed by atoms with Crippen LogP contribution in [0.3, 0.4) is 0 Å². The number of aromatic nitrogens is 4. The Labute approximate surface area is 135 Å². The molecule has 7 heteroatoms. The summed E-state index contributed by atoms with van der Waals surface area (Å²) in [7, 11) is 0. The van der Waals surface area contributed by atoms with Crippen LogP contribution in [-0.4, -0.2) is 63.9 Å². The van der Waals surface area contributed by atoms with Crippen molar-refractivity contribution in [1.29, 1.82) is 0 Å². The highest BCUT2D eigenvalue weighted by Crippen LogP contribution is 2.26. The van der Waals surface area contributed by atoms with Gasteiger partial charge in [-0.1, -0.05) is 0 Å². The number of morpholine rings is 1. The van der Waals surface area contributed by atoms with E-state index in [1.54, 1.807) is 6.33 Å². The standard InChI is InChI=1S/C16H23N5O2/c1-2-8-23-14(3-1)21-12-19-15-13(17-11-18-16(15)21)4-5-20-6-9-22-10-7-20/h11-12,14H,1-10H2. The molecule has 124 valence electrons. The molecule has 0 aromatic carbocycles. The Morgan fingerprint density at radius 3 is 2.83 bits per heavy atom. The van der Waals surface area contributed by atoms with Gasteiger partial charge in [-0.2, -0.15) is 0 Å². The fourth-order valence-electron chi connectivity index (χ4n) is 3.33. The number of nitrogens with zero attached hydrogens (tertiary/aromatic N) is 5. The Morgan fingerprint density at radius 1 is 1.09 bits per heavy atom. The number of hydrogen-bond donors (Lipinski definition) is 0. The van der Waals surface area contributed by atoms with Gasteiger partial charge in [-0.05, 0) is 19.3 Å². The number of rotatable bonds is 4. The Balaban J connectivity index is 1.52. The van der Waals surface area contributed by atoms with Crippen LogP contribution in [-0.2, 0) is 15.9 Å². The Kier molecular flexibility index (Phi) is 4.50. The lowest BCUT2D eigenvalue weighted by Crippen LogP contribution is -2.37.